The molecule has 1 aromatic rings. The summed E-state index contributed by atoms with van der Waals surface area (Å²) in [6.07, 6.45) is 10.8. The lowest BCUT2D eigenvalue weighted by molar-refractivity contribution is -0.120. The summed E-state index contributed by atoms with van der Waals surface area (Å²) >= 11 is 1.48. The van der Waals surface area contributed by atoms with Gasteiger partial charge in [-0.2, -0.15) is 0 Å². The van der Waals surface area contributed by atoms with E-state index < -0.39 is 0 Å². The van der Waals surface area contributed by atoms with Crippen LogP contribution in [-0.4, -0.2) is 17.8 Å². The third kappa shape index (κ3) is 6.69. The highest BCUT2D eigenvalue weighted by Gasteiger charge is 2.19. The van der Waals surface area contributed by atoms with Gasteiger partial charge in [-0.1, -0.05) is 62.9 Å². The number of carbonyl (C=O) groups excluding carboxylic acids is 1. The average molecular weight is 333 g/mol. The van der Waals surface area contributed by atoms with Crippen LogP contribution >= 0.6 is 11.8 Å². The van der Waals surface area contributed by atoms with E-state index in [1.165, 1.54) is 55.9 Å². The Bertz CT molecular complexity index is 491. The van der Waals surface area contributed by atoms with Crippen molar-refractivity contribution < 1.29 is 9.53 Å². The van der Waals surface area contributed by atoms with Crippen molar-refractivity contribution >= 4 is 17.5 Å². The van der Waals surface area contributed by atoms with Gasteiger partial charge in [0.15, 0.2) is 0 Å². The lowest BCUT2D eigenvalue weighted by atomic mass is 10.0. The van der Waals surface area contributed by atoms with Gasteiger partial charge in [0.2, 0.25) is 5.78 Å². The molecule has 0 saturated carbocycles. The molecule has 1 aromatic carbocycles. The number of ketones is 1. The van der Waals surface area contributed by atoms with Gasteiger partial charge in [-0.15, -0.1) is 0 Å². The van der Waals surface area contributed by atoms with Crippen molar-refractivity contribution in [3.05, 3.63) is 41.4 Å². The van der Waals surface area contributed by atoms with Crippen LogP contribution < -0.4 is 10.1 Å². The lowest BCUT2D eigenvalue weighted by Crippen LogP contribution is -2.31. The number of hydrogen-bond donors (Lipinski definition) is 1. The Morgan fingerprint density at radius 2 is 1.87 bits per heavy atom. The summed E-state index contributed by atoms with van der Waals surface area (Å²) in [5, 5.41) is 4.69. The van der Waals surface area contributed by atoms with Crippen LogP contribution in [0, 0.1) is 0 Å². The van der Waals surface area contributed by atoms with E-state index in [0.29, 0.717) is 0 Å². The van der Waals surface area contributed by atoms with Crippen LogP contribution in [0.15, 0.2) is 35.9 Å². The number of aryl methyl sites for hydroxylation is 1. The van der Waals surface area contributed by atoms with E-state index in [2.05, 4.69) is 24.4 Å². The first-order valence-corrected chi connectivity index (χ1v) is 9.55. The summed E-state index contributed by atoms with van der Waals surface area (Å²) in [6, 6.07) is 8.15. The Labute approximate surface area is 143 Å². The van der Waals surface area contributed by atoms with Gasteiger partial charge in [0.25, 0.3) is 0 Å². The quantitative estimate of drug-likeness (QED) is 0.597. The largest absolute Gasteiger partial charge is 0.486 e. The molecule has 0 aliphatic carbocycles. The summed E-state index contributed by atoms with van der Waals surface area (Å²) in [6.45, 7) is 2.36. The van der Waals surface area contributed by atoms with Gasteiger partial charge in [-0.05, 0) is 35.9 Å². The molecule has 0 radical (unpaired) electrons. The van der Waals surface area contributed by atoms with E-state index in [4.69, 9.17) is 4.74 Å². The van der Waals surface area contributed by atoms with E-state index in [-0.39, 0.29) is 17.8 Å². The highest BCUT2D eigenvalue weighted by atomic mass is 32.2. The molecular weight excluding hydrogens is 306 g/mol. The van der Waals surface area contributed by atoms with Crippen molar-refractivity contribution in [1.82, 2.24) is 5.32 Å². The second-order valence-electron chi connectivity index (χ2n) is 5.90. The smallest absolute Gasteiger partial charge is 0.202 e. The first-order chi connectivity index (χ1) is 11.3. The Morgan fingerprint density at radius 1 is 1.13 bits per heavy atom. The van der Waals surface area contributed by atoms with Crippen molar-refractivity contribution in [1.29, 1.82) is 0 Å². The number of hydrogen-bond acceptors (Lipinski definition) is 4. The molecule has 0 spiro atoms. The fraction of sp³-hybridized carbons (Fsp3) is 0.526. The van der Waals surface area contributed by atoms with Gasteiger partial charge in [-0.3, -0.25) is 4.79 Å². The summed E-state index contributed by atoms with van der Waals surface area (Å²) in [7, 11) is 0. The average Bonchev–Trinajstić information content (AvgIpc) is 3.11. The first-order valence-electron chi connectivity index (χ1n) is 8.60. The molecule has 1 unspecified atom stereocenters. The zero-order valence-electron chi connectivity index (χ0n) is 13.9. The maximum atomic E-state index is 11.9. The van der Waals surface area contributed by atoms with Crippen LogP contribution in [0.1, 0.15) is 51.0 Å². The summed E-state index contributed by atoms with van der Waals surface area (Å²) < 4.78 is 5.57. The Balaban J connectivity index is 1.63. The predicted octanol–water partition coefficient (Wildman–Crippen LogP) is 4.67. The van der Waals surface area contributed by atoms with Crippen LogP contribution in [0.4, 0.5) is 0 Å². The van der Waals surface area contributed by atoms with Crippen LogP contribution in [0.2, 0.25) is 0 Å². The van der Waals surface area contributed by atoms with E-state index in [9.17, 15) is 4.79 Å². The molecule has 2 rings (SSSR count). The molecule has 0 saturated heterocycles. The van der Waals surface area contributed by atoms with E-state index in [0.717, 1.165) is 12.2 Å². The molecule has 0 fully saturated rings. The van der Waals surface area contributed by atoms with Gasteiger partial charge in [0, 0.05) is 6.20 Å². The fourth-order valence-corrected chi connectivity index (χ4v) is 3.24. The normalized spacial score (nSPS) is 16.3. The zero-order valence-corrected chi connectivity index (χ0v) is 14.7. The molecule has 1 aliphatic rings. The van der Waals surface area contributed by atoms with Crippen molar-refractivity contribution in [3.63, 3.8) is 0 Å². The highest BCUT2D eigenvalue weighted by Crippen LogP contribution is 2.18. The van der Waals surface area contributed by atoms with E-state index in [1.54, 1.807) is 6.20 Å². The van der Waals surface area contributed by atoms with Crippen molar-refractivity contribution in [2.45, 2.75) is 57.2 Å². The highest BCUT2D eigenvalue weighted by molar-refractivity contribution is 8.03. The van der Waals surface area contributed by atoms with Gasteiger partial charge >= 0.3 is 0 Å². The third-order valence-electron chi connectivity index (χ3n) is 3.95. The molecule has 1 atom stereocenters. The standard InChI is InChI=1S/C19H27NO2S/c1-2-3-4-5-6-7-8-16-9-11-17(12-10-16)22-15-18(21)19-20-13-14-23-19/h9-14,19-20H,2-8,15H2,1H3. The van der Waals surface area contributed by atoms with Crippen LogP contribution in [0.5, 0.6) is 5.75 Å². The molecule has 126 valence electrons. The number of Topliss-reactive ketones (excluding diaryl/α,β-unsaturated/α-hetero) is 1. The number of unbranched alkanes of at least 4 members (excludes halogenated alkanes) is 5. The number of ether oxygens (including phenoxy) is 1. The van der Waals surface area contributed by atoms with Gasteiger partial charge in [0.05, 0.1) is 0 Å². The summed E-state index contributed by atoms with van der Waals surface area (Å²) in [5.41, 5.74) is 1.34. The van der Waals surface area contributed by atoms with Crippen LogP contribution in [-0.2, 0) is 11.2 Å². The maximum absolute atomic E-state index is 11.9. The zero-order chi connectivity index (χ0) is 16.3. The molecule has 4 heteroatoms. The van der Waals surface area contributed by atoms with Crippen LogP contribution in [0.25, 0.3) is 0 Å². The maximum Gasteiger partial charge on any atom is 0.202 e. The minimum atomic E-state index is -0.193. The lowest BCUT2D eigenvalue weighted by Gasteiger charge is -2.10. The minimum absolute atomic E-state index is 0.0659. The molecule has 1 N–H and O–H groups in total. The minimum Gasteiger partial charge on any atom is -0.486 e. The second kappa shape index (κ2) is 10.4. The van der Waals surface area contributed by atoms with Gasteiger partial charge in [0.1, 0.15) is 17.7 Å². The molecular formula is C19H27NO2S. The monoisotopic (exact) mass is 333 g/mol. The first kappa shape index (κ1) is 17.9. The third-order valence-corrected chi connectivity index (χ3v) is 4.91. The summed E-state index contributed by atoms with van der Waals surface area (Å²) in [5.74, 6) is 0.831. The molecule has 0 aromatic heterocycles. The van der Waals surface area contributed by atoms with Gasteiger partial charge < -0.3 is 10.1 Å². The Morgan fingerprint density at radius 3 is 2.57 bits per heavy atom. The van der Waals surface area contributed by atoms with Gasteiger partial charge in [-0.25, -0.2) is 0 Å². The second-order valence-corrected chi connectivity index (χ2v) is 6.92. The molecule has 23 heavy (non-hydrogen) atoms. The number of benzene rings is 1. The molecule has 1 aliphatic heterocycles. The molecule has 0 bridgehead atoms. The number of nitrogens with one attached hydrogen (secondary N) is 1. The SMILES string of the molecule is CCCCCCCCc1ccc(OCC(=O)C2NC=CS2)cc1. The Kier molecular flexibility index (Phi) is 8.08. The van der Waals surface area contributed by atoms with Crippen LogP contribution in [0.3, 0.4) is 0 Å². The van der Waals surface area contributed by atoms with E-state index >= 15 is 0 Å². The number of rotatable bonds is 11. The fourth-order valence-electron chi connectivity index (χ4n) is 2.54. The summed E-state index contributed by atoms with van der Waals surface area (Å²) in [4.78, 5) is 11.9. The van der Waals surface area contributed by atoms with Crippen molar-refractivity contribution in [3.8, 4) is 5.75 Å². The van der Waals surface area contributed by atoms with Crippen molar-refractivity contribution in [2.75, 3.05) is 6.61 Å². The number of carbonyl (C=O) groups is 1. The van der Waals surface area contributed by atoms with Crippen molar-refractivity contribution in [2.24, 2.45) is 0 Å². The molecule has 0 amide bonds. The number of thioether (sulfide) groups is 1. The Hall–Kier alpha value is -1.42. The molecule has 3 nitrogen and oxygen atoms in total. The topological polar surface area (TPSA) is 38.3 Å². The predicted molar refractivity (Wildman–Crippen MR) is 97.7 cm³/mol. The molecule has 1 heterocycles. The van der Waals surface area contributed by atoms with E-state index in [1.807, 2.05) is 17.5 Å².